The number of methoxy groups -OCH3 is 1. The van der Waals surface area contributed by atoms with Gasteiger partial charge in [0.2, 0.25) is 0 Å². The molecule has 0 aromatic heterocycles. The first-order chi connectivity index (χ1) is 12.1. The van der Waals surface area contributed by atoms with Crippen LogP contribution in [0, 0.1) is 0 Å². The first-order valence-electron chi connectivity index (χ1n) is 8.35. The Hall–Kier alpha value is -1.85. The molecule has 0 N–H and O–H groups in total. The highest BCUT2D eigenvalue weighted by atomic mass is 79.9. The number of amides is 1. The fraction of sp³-hybridized carbons (Fsp3) is 0.350. The Bertz CT molecular complexity index is 719. The average Bonchev–Trinajstić information content (AvgIpc) is 2.63. The van der Waals surface area contributed by atoms with Crippen LogP contribution in [0.2, 0.25) is 0 Å². The van der Waals surface area contributed by atoms with Crippen LogP contribution in [0.1, 0.15) is 30.5 Å². The molecule has 2 aromatic carbocycles. The van der Waals surface area contributed by atoms with Crippen molar-refractivity contribution in [3.8, 4) is 0 Å². The van der Waals surface area contributed by atoms with Gasteiger partial charge in [0.1, 0.15) is 0 Å². The van der Waals surface area contributed by atoms with Crippen LogP contribution in [-0.2, 0) is 15.1 Å². The number of hydrogen-bond acceptors (Lipinski definition) is 3. The third-order valence-electron chi connectivity index (χ3n) is 4.77. The molecule has 0 radical (unpaired) electrons. The third kappa shape index (κ3) is 3.72. The molecule has 0 bridgehead atoms. The smallest absolute Gasteiger partial charge is 0.411 e. The Morgan fingerprint density at radius 3 is 2.48 bits per heavy atom. The quantitative estimate of drug-likeness (QED) is 0.712. The lowest BCUT2D eigenvalue weighted by Crippen LogP contribution is -2.50. The molecule has 4 nitrogen and oxygen atoms in total. The van der Waals surface area contributed by atoms with Crippen molar-refractivity contribution in [3.05, 3.63) is 70.2 Å². The second-order valence-electron chi connectivity index (χ2n) is 6.33. The van der Waals surface area contributed by atoms with E-state index in [4.69, 9.17) is 9.47 Å². The SMILES string of the molecule is COCC1(c2ccccc2)CCN(C(C)c2ccc(Br)cc2)C(=O)O1. The number of nitrogens with zero attached hydrogens (tertiary/aromatic N) is 1. The Balaban J connectivity index is 1.81. The van der Waals surface area contributed by atoms with E-state index in [1.165, 1.54) is 0 Å². The van der Waals surface area contributed by atoms with Crippen LogP contribution < -0.4 is 0 Å². The molecular weight excluding hydrogens is 382 g/mol. The highest BCUT2D eigenvalue weighted by Gasteiger charge is 2.43. The van der Waals surface area contributed by atoms with E-state index >= 15 is 0 Å². The van der Waals surface area contributed by atoms with E-state index in [9.17, 15) is 4.79 Å². The van der Waals surface area contributed by atoms with E-state index in [-0.39, 0.29) is 12.1 Å². The Kier molecular flexibility index (Phi) is 5.45. The van der Waals surface area contributed by atoms with Gasteiger partial charge in [0, 0.05) is 24.5 Å². The van der Waals surface area contributed by atoms with Crippen LogP contribution in [0.5, 0.6) is 0 Å². The summed E-state index contributed by atoms with van der Waals surface area (Å²) in [5.74, 6) is 0. The Morgan fingerprint density at radius 2 is 1.88 bits per heavy atom. The van der Waals surface area contributed by atoms with Crippen molar-refractivity contribution in [2.75, 3.05) is 20.3 Å². The number of carbonyl (C=O) groups is 1. The van der Waals surface area contributed by atoms with Crippen molar-refractivity contribution in [2.24, 2.45) is 0 Å². The molecule has 5 heteroatoms. The normalized spacial score (nSPS) is 21.7. The summed E-state index contributed by atoms with van der Waals surface area (Å²) >= 11 is 3.44. The lowest BCUT2D eigenvalue weighted by molar-refractivity contribution is -0.0964. The first kappa shape index (κ1) is 18.0. The summed E-state index contributed by atoms with van der Waals surface area (Å²) in [4.78, 5) is 14.6. The average molecular weight is 404 g/mol. The summed E-state index contributed by atoms with van der Waals surface area (Å²) < 4.78 is 12.3. The van der Waals surface area contributed by atoms with Gasteiger partial charge < -0.3 is 14.4 Å². The molecule has 1 saturated heterocycles. The molecule has 0 spiro atoms. The van der Waals surface area contributed by atoms with Crippen molar-refractivity contribution < 1.29 is 14.3 Å². The number of carbonyl (C=O) groups excluding carboxylic acids is 1. The maximum atomic E-state index is 12.8. The van der Waals surface area contributed by atoms with Gasteiger partial charge in [-0.05, 0) is 30.2 Å². The summed E-state index contributed by atoms with van der Waals surface area (Å²) in [6.45, 7) is 2.99. The van der Waals surface area contributed by atoms with Gasteiger partial charge in [0.15, 0.2) is 5.60 Å². The van der Waals surface area contributed by atoms with E-state index in [1.807, 2.05) is 61.5 Å². The number of cyclic esters (lactones) is 1. The predicted molar refractivity (Wildman–Crippen MR) is 100 cm³/mol. The lowest BCUT2D eigenvalue weighted by Gasteiger charge is -2.43. The molecule has 3 rings (SSSR count). The maximum Gasteiger partial charge on any atom is 0.411 e. The molecule has 25 heavy (non-hydrogen) atoms. The minimum Gasteiger partial charge on any atom is -0.435 e. The van der Waals surface area contributed by atoms with Crippen LogP contribution in [0.4, 0.5) is 4.79 Å². The van der Waals surface area contributed by atoms with E-state index in [0.29, 0.717) is 19.6 Å². The molecular formula is C20H22BrNO3. The highest BCUT2D eigenvalue weighted by Crippen LogP contribution is 2.37. The van der Waals surface area contributed by atoms with Gasteiger partial charge in [-0.2, -0.15) is 0 Å². The molecule has 1 fully saturated rings. The molecule has 2 aromatic rings. The van der Waals surface area contributed by atoms with Gasteiger partial charge in [0.05, 0.1) is 12.6 Å². The van der Waals surface area contributed by atoms with Gasteiger partial charge in [-0.1, -0.05) is 58.4 Å². The van der Waals surface area contributed by atoms with E-state index < -0.39 is 5.60 Å². The van der Waals surface area contributed by atoms with Crippen LogP contribution in [0.25, 0.3) is 0 Å². The van der Waals surface area contributed by atoms with Gasteiger partial charge in [-0.15, -0.1) is 0 Å². The molecule has 1 amide bonds. The van der Waals surface area contributed by atoms with Gasteiger partial charge in [-0.25, -0.2) is 4.79 Å². The van der Waals surface area contributed by atoms with E-state index in [2.05, 4.69) is 15.9 Å². The number of ether oxygens (including phenoxy) is 2. The minimum absolute atomic E-state index is 0.0445. The van der Waals surface area contributed by atoms with Gasteiger partial charge in [0.25, 0.3) is 0 Å². The molecule has 1 aliphatic heterocycles. The van der Waals surface area contributed by atoms with Crippen LogP contribution in [-0.4, -0.2) is 31.3 Å². The fourth-order valence-corrected chi connectivity index (χ4v) is 3.57. The van der Waals surface area contributed by atoms with Crippen molar-refractivity contribution in [1.82, 2.24) is 4.90 Å². The summed E-state index contributed by atoms with van der Waals surface area (Å²) in [7, 11) is 1.63. The predicted octanol–water partition coefficient (Wildman–Crippen LogP) is 4.89. The molecule has 132 valence electrons. The second-order valence-corrected chi connectivity index (χ2v) is 7.25. The number of halogens is 1. The topological polar surface area (TPSA) is 38.8 Å². The van der Waals surface area contributed by atoms with Crippen molar-refractivity contribution in [1.29, 1.82) is 0 Å². The first-order valence-corrected chi connectivity index (χ1v) is 9.14. The van der Waals surface area contributed by atoms with E-state index in [0.717, 1.165) is 15.6 Å². The fourth-order valence-electron chi connectivity index (χ4n) is 3.31. The number of rotatable bonds is 5. The van der Waals surface area contributed by atoms with Crippen molar-refractivity contribution in [2.45, 2.75) is 25.0 Å². The summed E-state index contributed by atoms with van der Waals surface area (Å²) in [6.07, 6.45) is 0.389. The maximum absolute atomic E-state index is 12.8. The van der Waals surface area contributed by atoms with Crippen LogP contribution in [0.15, 0.2) is 59.1 Å². The summed E-state index contributed by atoms with van der Waals surface area (Å²) in [5.41, 5.74) is 1.34. The molecule has 1 heterocycles. The summed E-state index contributed by atoms with van der Waals surface area (Å²) in [6, 6.07) is 17.8. The second kappa shape index (κ2) is 7.58. The number of benzene rings is 2. The van der Waals surface area contributed by atoms with Gasteiger partial charge >= 0.3 is 6.09 Å². The zero-order valence-electron chi connectivity index (χ0n) is 14.4. The Morgan fingerprint density at radius 1 is 1.20 bits per heavy atom. The Labute approximate surface area is 156 Å². The third-order valence-corrected chi connectivity index (χ3v) is 5.30. The largest absolute Gasteiger partial charge is 0.435 e. The molecule has 0 aliphatic carbocycles. The van der Waals surface area contributed by atoms with Crippen molar-refractivity contribution in [3.63, 3.8) is 0 Å². The van der Waals surface area contributed by atoms with Crippen LogP contribution in [0.3, 0.4) is 0 Å². The van der Waals surface area contributed by atoms with Crippen LogP contribution >= 0.6 is 15.9 Å². The van der Waals surface area contributed by atoms with Gasteiger partial charge in [-0.3, -0.25) is 0 Å². The van der Waals surface area contributed by atoms with Crippen molar-refractivity contribution >= 4 is 22.0 Å². The molecule has 2 atom stereocenters. The monoisotopic (exact) mass is 403 g/mol. The zero-order valence-corrected chi connectivity index (χ0v) is 16.0. The van der Waals surface area contributed by atoms with E-state index in [1.54, 1.807) is 12.0 Å². The molecule has 2 unspecified atom stereocenters. The molecule has 0 saturated carbocycles. The summed E-state index contributed by atoms with van der Waals surface area (Å²) in [5, 5.41) is 0. The highest BCUT2D eigenvalue weighted by molar-refractivity contribution is 9.10. The zero-order chi connectivity index (χ0) is 17.9. The number of hydrogen-bond donors (Lipinski definition) is 0. The lowest BCUT2D eigenvalue weighted by atomic mass is 9.89. The minimum atomic E-state index is -0.719. The standard InChI is InChI=1S/C20H22BrNO3/c1-15(16-8-10-18(21)11-9-16)22-13-12-20(14-24-2,25-19(22)23)17-6-4-3-5-7-17/h3-11,15H,12-14H2,1-2H3. The molecule has 1 aliphatic rings.